The SMILES string of the molecule is O=[N+]([O-])c1cccc(C=NNc2nc(-c3ccccc3)cc(-c3ccccc3O)n2)c1. The Labute approximate surface area is 177 Å². The number of nitrogens with one attached hydrogen (secondary N) is 1. The van der Waals surface area contributed by atoms with Crippen LogP contribution in [0, 0.1) is 10.1 Å². The molecule has 0 atom stereocenters. The van der Waals surface area contributed by atoms with E-state index in [0.29, 0.717) is 22.5 Å². The third-order valence-electron chi connectivity index (χ3n) is 4.43. The summed E-state index contributed by atoms with van der Waals surface area (Å²) in [5.74, 6) is 0.326. The van der Waals surface area contributed by atoms with Crippen LogP contribution in [0.2, 0.25) is 0 Å². The Morgan fingerprint density at radius 3 is 2.42 bits per heavy atom. The van der Waals surface area contributed by atoms with E-state index in [9.17, 15) is 15.2 Å². The Bertz CT molecular complexity index is 1260. The first kappa shape index (κ1) is 19.7. The number of nitro groups is 1. The topological polar surface area (TPSA) is 114 Å². The molecule has 31 heavy (non-hydrogen) atoms. The number of benzene rings is 3. The van der Waals surface area contributed by atoms with Crippen LogP contribution in [0.5, 0.6) is 5.75 Å². The molecular weight excluding hydrogens is 394 g/mol. The number of nitrogens with zero attached hydrogens (tertiary/aromatic N) is 4. The number of aromatic hydroxyl groups is 1. The fourth-order valence-corrected chi connectivity index (χ4v) is 2.97. The molecule has 2 N–H and O–H groups in total. The number of rotatable bonds is 6. The molecule has 1 heterocycles. The number of para-hydroxylation sites is 1. The largest absolute Gasteiger partial charge is 0.507 e. The lowest BCUT2D eigenvalue weighted by Crippen LogP contribution is -2.00. The van der Waals surface area contributed by atoms with Crippen molar-refractivity contribution in [2.75, 3.05) is 5.43 Å². The van der Waals surface area contributed by atoms with Crippen LogP contribution in [0.3, 0.4) is 0 Å². The lowest BCUT2D eigenvalue weighted by molar-refractivity contribution is -0.384. The van der Waals surface area contributed by atoms with E-state index >= 15 is 0 Å². The predicted octanol–water partition coefficient (Wildman–Crippen LogP) is 4.87. The molecule has 4 aromatic rings. The van der Waals surface area contributed by atoms with Gasteiger partial charge in [-0.15, -0.1) is 0 Å². The first-order valence-electron chi connectivity index (χ1n) is 9.36. The molecule has 152 valence electrons. The summed E-state index contributed by atoms with van der Waals surface area (Å²) in [7, 11) is 0. The Hall–Kier alpha value is -4.59. The standard InChI is InChI=1S/C23H17N5O3/c29-22-12-5-4-11-19(22)21-14-20(17-8-2-1-3-9-17)25-23(26-21)27-24-15-16-7-6-10-18(13-16)28(30)31/h1-15,29H,(H,25,26,27). The van der Waals surface area contributed by atoms with E-state index in [1.807, 2.05) is 36.4 Å². The van der Waals surface area contributed by atoms with E-state index in [1.54, 1.807) is 36.4 Å². The van der Waals surface area contributed by atoms with Gasteiger partial charge in [-0.05, 0) is 18.2 Å². The molecule has 0 radical (unpaired) electrons. The highest BCUT2D eigenvalue weighted by atomic mass is 16.6. The molecule has 0 unspecified atom stereocenters. The molecule has 8 nitrogen and oxygen atoms in total. The van der Waals surface area contributed by atoms with Gasteiger partial charge in [0.05, 0.1) is 22.5 Å². The van der Waals surface area contributed by atoms with Crippen molar-refractivity contribution in [3.8, 4) is 28.3 Å². The van der Waals surface area contributed by atoms with Crippen LogP contribution >= 0.6 is 0 Å². The summed E-state index contributed by atoms with van der Waals surface area (Å²) in [5.41, 5.74) is 5.94. The molecule has 0 saturated heterocycles. The van der Waals surface area contributed by atoms with Crippen LogP contribution in [-0.4, -0.2) is 26.2 Å². The zero-order chi connectivity index (χ0) is 21.6. The van der Waals surface area contributed by atoms with Gasteiger partial charge in [-0.3, -0.25) is 10.1 Å². The number of phenols is 1. The second kappa shape index (κ2) is 8.83. The summed E-state index contributed by atoms with van der Waals surface area (Å²) in [6, 6.07) is 24.4. The molecule has 0 aliphatic rings. The monoisotopic (exact) mass is 411 g/mol. The van der Waals surface area contributed by atoms with Crippen LogP contribution in [-0.2, 0) is 0 Å². The van der Waals surface area contributed by atoms with Gasteiger partial charge in [0.25, 0.3) is 5.69 Å². The summed E-state index contributed by atoms with van der Waals surface area (Å²) in [6.45, 7) is 0. The van der Waals surface area contributed by atoms with Crippen molar-refractivity contribution in [3.05, 3.63) is 101 Å². The Morgan fingerprint density at radius 1 is 0.903 bits per heavy atom. The first-order chi connectivity index (χ1) is 15.1. The van der Waals surface area contributed by atoms with Crippen LogP contribution < -0.4 is 5.43 Å². The number of aromatic nitrogens is 2. The van der Waals surface area contributed by atoms with E-state index in [0.717, 1.165) is 5.56 Å². The molecule has 0 spiro atoms. The minimum Gasteiger partial charge on any atom is -0.507 e. The Morgan fingerprint density at radius 2 is 1.65 bits per heavy atom. The fraction of sp³-hybridized carbons (Fsp3) is 0. The van der Waals surface area contributed by atoms with Crippen molar-refractivity contribution in [2.45, 2.75) is 0 Å². The van der Waals surface area contributed by atoms with Gasteiger partial charge in [-0.1, -0.05) is 54.6 Å². The molecule has 1 aromatic heterocycles. The average Bonchev–Trinajstić information content (AvgIpc) is 2.80. The molecule has 3 aromatic carbocycles. The van der Waals surface area contributed by atoms with E-state index in [4.69, 9.17) is 0 Å². The third-order valence-corrected chi connectivity index (χ3v) is 4.43. The second-order valence-corrected chi connectivity index (χ2v) is 6.57. The lowest BCUT2D eigenvalue weighted by Gasteiger charge is -2.09. The molecule has 4 rings (SSSR count). The molecule has 0 aliphatic heterocycles. The maximum atomic E-state index is 10.9. The molecule has 0 fully saturated rings. The highest BCUT2D eigenvalue weighted by Crippen LogP contribution is 2.30. The van der Waals surface area contributed by atoms with Gasteiger partial charge in [0.1, 0.15) is 5.75 Å². The number of anilines is 1. The highest BCUT2D eigenvalue weighted by molar-refractivity contribution is 5.81. The summed E-state index contributed by atoms with van der Waals surface area (Å²) in [5, 5.41) is 25.3. The molecular formula is C23H17N5O3. The number of hydrazone groups is 1. The van der Waals surface area contributed by atoms with Gasteiger partial charge in [-0.2, -0.15) is 5.10 Å². The van der Waals surface area contributed by atoms with Gasteiger partial charge >= 0.3 is 0 Å². The molecule has 8 heteroatoms. The Kier molecular flexibility index (Phi) is 5.62. The van der Waals surface area contributed by atoms with Crippen LogP contribution in [0.4, 0.5) is 11.6 Å². The zero-order valence-corrected chi connectivity index (χ0v) is 16.2. The maximum Gasteiger partial charge on any atom is 0.270 e. The lowest BCUT2D eigenvalue weighted by atomic mass is 10.1. The molecule has 0 bridgehead atoms. The smallest absolute Gasteiger partial charge is 0.270 e. The van der Waals surface area contributed by atoms with Gasteiger partial charge in [0, 0.05) is 28.8 Å². The van der Waals surface area contributed by atoms with Gasteiger partial charge in [0.15, 0.2) is 0 Å². The van der Waals surface area contributed by atoms with E-state index in [2.05, 4.69) is 20.5 Å². The van der Waals surface area contributed by atoms with Crippen molar-refractivity contribution in [2.24, 2.45) is 5.10 Å². The van der Waals surface area contributed by atoms with Gasteiger partial charge in [0.2, 0.25) is 5.95 Å². The molecule has 0 saturated carbocycles. The fourth-order valence-electron chi connectivity index (χ4n) is 2.97. The second-order valence-electron chi connectivity index (χ2n) is 6.57. The zero-order valence-electron chi connectivity index (χ0n) is 16.2. The summed E-state index contributed by atoms with van der Waals surface area (Å²) in [6.07, 6.45) is 1.45. The minimum absolute atomic E-state index is 0.0203. The number of hydrogen-bond donors (Lipinski definition) is 2. The van der Waals surface area contributed by atoms with Gasteiger partial charge in [-0.25, -0.2) is 15.4 Å². The maximum absolute atomic E-state index is 10.9. The highest BCUT2D eigenvalue weighted by Gasteiger charge is 2.11. The van der Waals surface area contributed by atoms with Gasteiger partial charge < -0.3 is 5.11 Å². The minimum atomic E-state index is -0.462. The summed E-state index contributed by atoms with van der Waals surface area (Å²) >= 11 is 0. The van der Waals surface area contributed by atoms with Crippen LogP contribution in [0.15, 0.2) is 90.0 Å². The molecule has 0 amide bonds. The number of hydrogen-bond acceptors (Lipinski definition) is 7. The van der Waals surface area contributed by atoms with Crippen LogP contribution in [0.1, 0.15) is 5.56 Å². The third kappa shape index (κ3) is 4.70. The first-order valence-corrected chi connectivity index (χ1v) is 9.36. The normalized spacial score (nSPS) is 10.8. The number of non-ortho nitro benzene ring substituents is 1. The van der Waals surface area contributed by atoms with Crippen molar-refractivity contribution >= 4 is 17.9 Å². The van der Waals surface area contributed by atoms with E-state index in [1.165, 1.54) is 18.3 Å². The van der Waals surface area contributed by atoms with Crippen molar-refractivity contribution in [1.29, 1.82) is 0 Å². The van der Waals surface area contributed by atoms with Crippen molar-refractivity contribution < 1.29 is 10.0 Å². The summed E-state index contributed by atoms with van der Waals surface area (Å²) < 4.78 is 0. The van der Waals surface area contributed by atoms with E-state index in [-0.39, 0.29) is 17.4 Å². The number of phenolic OH excluding ortho intramolecular Hbond substituents is 1. The summed E-state index contributed by atoms with van der Waals surface area (Å²) in [4.78, 5) is 19.4. The Balaban J connectivity index is 1.68. The average molecular weight is 411 g/mol. The van der Waals surface area contributed by atoms with Crippen molar-refractivity contribution in [3.63, 3.8) is 0 Å². The number of nitro benzene ring substituents is 1. The van der Waals surface area contributed by atoms with E-state index < -0.39 is 4.92 Å². The van der Waals surface area contributed by atoms with Crippen molar-refractivity contribution in [1.82, 2.24) is 9.97 Å². The quantitative estimate of drug-likeness (QED) is 0.266. The predicted molar refractivity (Wildman–Crippen MR) is 119 cm³/mol. The molecule has 0 aliphatic carbocycles. The van der Waals surface area contributed by atoms with Crippen LogP contribution in [0.25, 0.3) is 22.5 Å².